The van der Waals surface area contributed by atoms with E-state index in [1.807, 2.05) is 61.5 Å². The monoisotopic (exact) mass is 378 g/mol. The van der Waals surface area contributed by atoms with E-state index >= 15 is 0 Å². The maximum absolute atomic E-state index is 13.1. The molecule has 148 valence electrons. The number of para-hydroxylation sites is 1. The number of anilines is 1. The Morgan fingerprint density at radius 2 is 1.64 bits per heavy atom. The van der Waals surface area contributed by atoms with Crippen molar-refractivity contribution in [2.24, 2.45) is 5.92 Å². The number of carbonyl (C=O) groups excluding carboxylic acids is 2. The van der Waals surface area contributed by atoms with Crippen LogP contribution in [0, 0.1) is 12.8 Å². The first-order valence-electron chi connectivity index (χ1n) is 10.4. The van der Waals surface area contributed by atoms with Crippen LogP contribution in [-0.2, 0) is 4.79 Å². The van der Waals surface area contributed by atoms with Gasteiger partial charge in [-0.3, -0.25) is 9.59 Å². The molecule has 1 N–H and O–H groups in total. The number of carbonyl (C=O) groups is 2. The van der Waals surface area contributed by atoms with Crippen LogP contribution in [0.25, 0.3) is 0 Å². The minimum Gasteiger partial charge on any atom is -0.356 e. The third kappa shape index (κ3) is 5.44. The zero-order chi connectivity index (χ0) is 19.8. The second-order valence-electron chi connectivity index (χ2n) is 7.64. The second-order valence-corrected chi connectivity index (χ2v) is 7.64. The molecule has 0 bridgehead atoms. The zero-order valence-corrected chi connectivity index (χ0v) is 16.7. The van der Waals surface area contributed by atoms with Crippen LogP contribution < -0.4 is 10.2 Å². The smallest absolute Gasteiger partial charge is 0.258 e. The summed E-state index contributed by atoms with van der Waals surface area (Å²) in [6.07, 6.45) is 6.31. The van der Waals surface area contributed by atoms with Gasteiger partial charge in [-0.25, -0.2) is 0 Å². The molecule has 1 aliphatic rings. The number of hydrogen-bond donors (Lipinski definition) is 1. The summed E-state index contributed by atoms with van der Waals surface area (Å²) in [6.45, 7) is 3.18. The lowest BCUT2D eigenvalue weighted by Crippen LogP contribution is -2.36. The van der Waals surface area contributed by atoms with Gasteiger partial charge in [-0.2, -0.15) is 0 Å². The third-order valence-corrected chi connectivity index (χ3v) is 5.45. The summed E-state index contributed by atoms with van der Waals surface area (Å²) in [5, 5.41) is 3.07. The Morgan fingerprint density at radius 3 is 2.32 bits per heavy atom. The maximum Gasteiger partial charge on any atom is 0.258 e. The van der Waals surface area contributed by atoms with Crippen molar-refractivity contribution in [1.29, 1.82) is 0 Å². The van der Waals surface area contributed by atoms with Gasteiger partial charge in [0.05, 0.1) is 0 Å². The molecule has 0 aliphatic heterocycles. The Kier molecular flexibility index (Phi) is 7.24. The van der Waals surface area contributed by atoms with Crippen LogP contribution in [-0.4, -0.2) is 24.9 Å². The number of benzene rings is 2. The van der Waals surface area contributed by atoms with Gasteiger partial charge in [0.15, 0.2) is 0 Å². The highest BCUT2D eigenvalue weighted by Crippen LogP contribution is 2.23. The van der Waals surface area contributed by atoms with Crippen LogP contribution >= 0.6 is 0 Å². The lowest BCUT2D eigenvalue weighted by atomic mass is 9.89. The van der Waals surface area contributed by atoms with Crippen molar-refractivity contribution in [2.45, 2.75) is 45.4 Å². The fourth-order valence-corrected chi connectivity index (χ4v) is 3.77. The number of hydrogen-bond acceptors (Lipinski definition) is 2. The highest BCUT2D eigenvalue weighted by Gasteiger charge is 2.21. The fourth-order valence-electron chi connectivity index (χ4n) is 3.77. The molecule has 1 aliphatic carbocycles. The summed E-state index contributed by atoms with van der Waals surface area (Å²) < 4.78 is 0. The molecule has 0 heterocycles. The van der Waals surface area contributed by atoms with E-state index in [0.29, 0.717) is 18.7 Å². The molecule has 0 spiro atoms. The quantitative estimate of drug-likeness (QED) is 0.708. The van der Waals surface area contributed by atoms with Crippen LogP contribution in [0.1, 0.15) is 54.4 Å². The number of nitrogens with one attached hydrogen (secondary N) is 1. The van der Waals surface area contributed by atoms with Gasteiger partial charge in [0, 0.05) is 30.3 Å². The molecule has 0 saturated heterocycles. The number of aryl methyl sites for hydroxylation is 1. The van der Waals surface area contributed by atoms with E-state index in [4.69, 9.17) is 0 Å². The summed E-state index contributed by atoms with van der Waals surface area (Å²) in [5.41, 5.74) is 2.70. The predicted molar refractivity (Wildman–Crippen MR) is 113 cm³/mol. The van der Waals surface area contributed by atoms with Gasteiger partial charge < -0.3 is 10.2 Å². The van der Waals surface area contributed by atoms with E-state index in [2.05, 4.69) is 5.32 Å². The van der Waals surface area contributed by atoms with Gasteiger partial charge >= 0.3 is 0 Å². The van der Waals surface area contributed by atoms with Crippen molar-refractivity contribution < 1.29 is 9.59 Å². The molecule has 1 fully saturated rings. The molecule has 1 saturated carbocycles. The molecule has 2 aromatic rings. The average molecular weight is 379 g/mol. The maximum atomic E-state index is 13.1. The molecule has 2 amide bonds. The first-order chi connectivity index (χ1) is 13.6. The first-order valence-corrected chi connectivity index (χ1v) is 10.4. The highest BCUT2D eigenvalue weighted by atomic mass is 16.2. The predicted octanol–water partition coefficient (Wildman–Crippen LogP) is 4.73. The van der Waals surface area contributed by atoms with Crippen LogP contribution in [0.5, 0.6) is 0 Å². The fraction of sp³-hybridized carbons (Fsp3) is 0.417. The molecule has 0 unspecified atom stereocenters. The number of rotatable bonds is 7. The van der Waals surface area contributed by atoms with Gasteiger partial charge in [-0.15, -0.1) is 0 Å². The molecule has 4 nitrogen and oxygen atoms in total. The van der Waals surface area contributed by atoms with Gasteiger partial charge in [-0.05, 0) is 50.5 Å². The van der Waals surface area contributed by atoms with Gasteiger partial charge in [0.25, 0.3) is 5.91 Å². The molecule has 4 heteroatoms. The Hall–Kier alpha value is -2.62. The summed E-state index contributed by atoms with van der Waals surface area (Å²) in [5.74, 6) is 0.341. The van der Waals surface area contributed by atoms with Gasteiger partial charge in [0.1, 0.15) is 0 Å². The van der Waals surface area contributed by atoms with E-state index < -0.39 is 0 Å². The highest BCUT2D eigenvalue weighted by molar-refractivity contribution is 6.06. The molecular weight excluding hydrogens is 348 g/mol. The molecular formula is C24H30N2O2. The molecule has 0 radical (unpaired) electrons. The minimum absolute atomic E-state index is 0.00944. The Labute approximate surface area is 167 Å². The van der Waals surface area contributed by atoms with Crippen molar-refractivity contribution in [3.8, 4) is 0 Å². The van der Waals surface area contributed by atoms with Crippen LogP contribution in [0.15, 0.2) is 54.6 Å². The summed E-state index contributed by atoms with van der Waals surface area (Å²) in [7, 11) is 0. The molecule has 2 aromatic carbocycles. The Morgan fingerprint density at radius 1 is 0.964 bits per heavy atom. The number of nitrogens with zero attached hydrogens (tertiary/aromatic N) is 1. The molecule has 3 rings (SSSR count). The SMILES string of the molecule is Cc1ccc(C(=O)N(CCCNC(=O)C2CCCCC2)c2ccccc2)cc1. The van der Waals surface area contributed by atoms with Gasteiger partial charge in [0.2, 0.25) is 5.91 Å². The Bertz CT molecular complexity index is 765. The van der Waals surface area contributed by atoms with E-state index in [1.165, 1.54) is 6.42 Å². The number of amides is 2. The van der Waals surface area contributed by atoms with Crippen molar-refractivity contribution in [3.05, 3.63) is 65.7 Å². The third-order valence-electron chi connectivity index (χ3n) is 5.45. The topological polar surface area (TPSA) is 49.4 Å². The van der Waals surface area contributed by atoms with Crippen molar-refractivity contribution >= 4 is 17.5 Å². The lowest BCUT2D eigenvalue weighted by Gasteiger charge is -2.24. The molecule has 0 atom stereocenters. The van der Waals surface area contributed by atoms with Crippen LogP contribution in [0.2, 0.25) is 0 Å². The molecule has 0 aromatic heterocycles. The normalized spacial score (nSPS) is 14.5. The van der Waals surface area contributed by atoms with Crippen LogP contribution in [0.3, 0.4) is 0 Å². The summed E-state index contributed by atoms with van der Waals surface area (Å²) in [6, 6.07) is 17.4. The summed E-state index contributed by atoms with van der Waals surface area (Å²) in [4.78, 5) is 27.2. The van der Waals surface area contributed by atoms with E-state index in [1.54, 1.807) is 4.90 Å². The molecule has 28 heavy (non-hydrogen) atoms. The second kappa shape index (κ2) is 10.1. The van der Waals surface area contributed by atoms with E-state index in [-0.39, 0.29) is 17.7 Å². The largest absolute Gasteiger partial charge is 0.356 e. The van der Waals surface area contributed by atoms with E-state index in [0.717, 1.165) is 43.4 Å². The van der Waals surface area contributed by atoms with E-state index in [9.17, 15) is 9.59 Å². The Balaban J connectivity index is 1.59. The zero-order valence-electron chi connectivity index (χ0n) is 16.7. The van der Waals surface area contributed by atoms with Gasteiger partial charge in [-0.1, -0.05) is 55.2 Å². The lowest BCUT2D eigenvalue weighted by molar-refractivity contribution is -0.125. The van der Waals surface area contributed by atoms with Crippen molar-refractivity contribution in [2.75, 3.05) is 18.0 Å². The average Bonchev–Trinajstić information content (AvgIpc) is 2.75. The standard InChI is InChI=1S/C24H30N2O2/c1-19-13-15-21(16-14-19)24(28)26(22-11-6-3-7-12-22)18-8-17-25-23(27)20-9-4-2-5-10-20/h3,6-7,11-16,20H,2,4-5,8-10,17-18H2,1H3,(H,25,27). The van der Waals surface area contributed by atoms with Crippen molar-refractivity contribution in [3.63, 3.8) is 0 Å². The first kappa shape index (κ1) is 20.1. The summed E-state index contributed by atoms with van der Waals surface area (Å²) >= 11 is 0. The van der Waals surface area contributed by atoms with Crippen molar-refractivity contribution in [1.82, 2.24) is 5.32 Å². The minimum atomic E-state index is -0.00944. The van der Waals surface area contributed by atoms with Crippen LogP contribution in [0.4, 0.5) is 5.69 Å².